The molecule has 0 bridgehead atoms. The molecule has 0 radical (unpaired) electrons. The van der Waals surface area contributed by atoms with Crippen molar-refractivity contribution in [2.45, 2.75) is 40.5 Å². The zero-order valence-corrected chi connectivity index (χ0v) is 10.7. The largest absolute Gasteiger partial charge is 0.398 e. The number of aryl methyl sites for hydroxylation is 2. The van der Waals surface area contributed by atoms with Crippen LogP contribution in [0.5, 0.6) is 0 Å². The zero-order chi connectivity index (χ0) is 11.9. The maximum Gasteiger partial charge on any atom is 0.0420 e. The van der Waals surface area contributed by atoms with Crippen molar-refractivity contribution in [1.82, 2.24) is 0 Å². The molecule has 0 fully saturated rings. The predicted octanol–water partition coefficient (Wildman–Crippen LogP) is 4.09. The molecule has 2 rings (SSSR count). The Kier molecular flexibility index (Phi) is 2.79. The number of hydrogen-bond acceptors (Lipinski definition) is 1. The van der Waals surface area contributed by atoms with Gasteiger partial charge in [0.15, 0.2) is 0 Å². The second kappa shape index (κ2) is 3.97. The topological polar surface area (TPSA) is 26.0 Å². The summed E-state index contributed by atoms with van der Waals surface area (Å²) >= 11 is 0. The van der Waals surface area contributed by atoms with Crippen LogP contribution in [0, 0.1) is 19.8 Å². The fourth-order valence-electron chi connectivity index (χ4n) is 2.65. The lowest BCUT2D eigenvalue weighted by molar-refractivity contribution is 0.671. The third-order valence-electron chi connectivity index (χ3n) is 3.90. The first-order valence-electron chi connectivity index (χ1n) is 6.07. The van der Waals surface area contributed by atoms with Gasteiger partial charge in [-0.05, 0) is 56.7 Å². The van der Waals surface area contributed by atoms with E-state index in [9.17, 15) is 0 Å². The molecule has 0 saturated heterocycles. The number of anilines is 1. The highest BCUT2D eigenvalue weighted by atomic mass is 14.6. The Balaban J connectivity index is 2.57. The lowest BCUT2D eigenvalue weighted by Crippen LogP contribution is -1.98. The van der Waals surface area contributed by atoms with E-state index in [1.54, 1.807) is 0 Å². The first-order valence-corrected chi connectivity index (χ1v) is 6.07. The van der Waals surface area contributed by atoms with Crippen molar-refractivity contribution < 1.29 is 0 Å². The summed E-state index contributed by atoms with van der Waals surface area (Å²) in [7, 11) is 0. The standard InChI is InChI=1S/C15H21N/c1-9-7-11(3)15(16)14(8-9)13-6-5-10(2)12(13)4/h7-8,10H,5-6,16H2,1-4H3. The molecule has 1 aliphatic carbocycles. The Morgan fingerprint density at radius 2 is 1.88 bits per heavy atom. The lowest BCUT2D eigenvalue weighted by Gasteiger charge is -2.12. The monoisotopic (exact) mass is 215 g/mol. The van der Waals surface area contributed by atoms with Gasteiger partial charge in [0.1, 0.15) is 0 Å². The molecule has 1 aliphatic rings. The number of allylic oxidation sites excluding steroid dienone is 2. The van der Waals surface area contributed by atoms with Crippen LogP contribution in [0.3, 0.4) is 0 Å². The minimum Gasteiger partial charge on any atom is -0.398 e. The number of hydrogen-bond donors (Lipinski definition) is 1. The molecule has 0 aliphatic heterocycles. The second-order valence-corrected chi connectivity index (χ2v) is 5.14. The van der Waals surface area contributed by atoms with Gasteiger partial charge in [-0.15, -0.1) is 0 Å². The molecule has 86 valence electrons. The van der Waals surface area contributed by atoms with Crippen LogP contribution < -0.4 is 5.73 Å². The van der Waals surface area contributed by atoms with E-state index >= 15 is 0 Å². The van der Waals surface area contributed by atoms with Crippen molar-refractivity contribution in [3.8, 4) is 0 Å². The Labute approximate surface area is 98.4 Å². The summed E-state index contributed by atoms with van der Waals surface area (Å²) in [6, 6.07) is 4.40. The van der Waals surface area contributed by atoms with Crippen molar-refractivity contribution in [2.75, 3.05) is 5.73 Å². The van der Waals surface area contributed by atoms with Crippen LogP contribution in [-0.4, -0.2) is 0 Å². The van der Waals surface area contributed by atoms with Crippen LogP contribution in [-0.2, 0) is 0 Å². The molecule has 1 aromatic rings. The van der Waals surface area contributed by atoms with Gasteiger partial charge in [-0.25, -0.2) is 0 Å². The molecule has 1 unspecified atom stereocenters. The van der Waals surface area contributed by atoms with Gasteiger partial charge in [0, 0.05) is 11.3 Å². The fraction of sp³-hybridized carbons (Fsp3) is 0.467. The highest BCUT2D eigenvalue weighted by Crippen LogP contribution is 2.40. The third-order valence-corrected chi connectivity index (χ3v) is 3.90. The number of nitrogen functional groups attached to an aromatic ring is 1. The predicted molar refractivity (Wildman–Crippen MR) is 71.3 cm³/mol. The summed E-state index contributed by atoms with van der Waals surface area (Å²) in [6.07, 6.45) is 2.45. The van der Waals surface area contributed by atoms with Crippen molar-refractivity contribution in [2.24, 2.45) is 5.92 Å². The minimum atomic E-state index is 0.718. The summed E-state index contributed by atoms with van der Waals surface area (Å²) in [5.41, 5.74) is 14.0. The molecule has 0 aromatic heterocycles. The highest BCUT2D eigenvalue weighted by Gasteiger charge is 2.21. The molecule has 0 heterocycles. The van der Waals surface area contributed by atoms with E-state index in [0.29, 0.717) is 0 Å². The van der Waals surface area contributed by atoms with Crippen molar-refractivity contribution in [1.29, 1.82) is 0 Å². The van der Waals surface area contributed by atoms with Crippen molar-refractivity contribution in [3.05, 3.63) is 34.4 Å². The maximum atomic E-state index is 6.20. The molecule has 0 spiro atoms. The van der Waals surface area contributed by atoms with E-state index in [0.717, 1.165) is 11.6 Å². The number of nitrogens with two attached hydrogens (primary N) is 1. The van der Waals surface area contributed by atoms with Gasteiger partial charge in [0.05, 0.1) is 0 Å². The molecule has 2 N–H and O–H groups in total. The van der Waals surface area contributed by atoms with E-state index < -0.39 is 0 Å². The van der Waals surface area contributed by atoms with Gasteiger partial charge in [-0.3, -0.25) is 0 Å². The van der Waals surface area contributed by atoms with Crippen LogP contribution in [0.2, 0.25) is 0 Å². The van der Waals surface area contributed by atoms with Crippen LogP contribution in [0.25, 0.3) is 5.57 Å². The first kappa shape index (κ1) is 11.3. The van der Waals surface area contributed by atoms with Crippen molar-refractivity contribution in [3.63, 3.8) is 0 Å². The zero-order valence-electron chi connectivity index (χ0n) is 10.7. The van der Waals surface area contributed by atoms with Crippen LogP contribution in [0.15, 0.2) is 17.7 Å². The van der Waals surface area contributed by atoms with Crippen LogP contribution in [0.1, 0.15) is 43.4 Å². The average molecular weight is 215 g/mol. The van der Waals surface area contributed by atoms with Crippen molar-refractivity contribution >= 4 is 11.3 Å². The van der Waals surface area contributed by atoms with E-state index in [2.05, 4.69) is 39.8 Å². The summed E-state index contributed by atoms with van der Waals surface area (Å²) < 4.78 is 0. The summed E-state index contributed by atoms with van der Waals surface area (Å²) in [5, 5.41) is 0. The molecule has 1 nitrogen and oxygen atoms in total. The van der Waals surface area contributed by atoms with E-state index in [4.69, 9.17) is 5.73 Å². The molecular weight excluding hydrogens is 194 g/mol. The van der Waals surface area contributed by atoms with E-state index in [1.807, 2.05) is 0 Å². The molecule has 0 amide bonds. The van der Waals surface area contributed by atoms with E-state index in [-0.39, 0.29) is 0 Å². The molecule has 1 atom stereocenters. The van der Waals surface area contributed by atoms with Gasteiger partial charge >= 0.3 is 0 Å². The molecule has 0 saturated carbocycles. The SMILES string of the molecule is CC1=C(c2cc(C)cc(C)c2N)CCC1C. The third kappa shape index (κ3) is 1.75. The summed E-state index contributed by atoms with van der Waals surface area (Å²) in [5.74, 6) is 0.718. The van der Waals surface area contributed by atoms with Gasteiger partial charge in [0.2, 0.25) is 0 Å². The maximum absolute atomic E-state index is 6.20. The van der Waals surface area contributed by atoms with Gasteiger partial charge in [-0.1, -0.05) is 24.1 Å². The Bertz CT molecular complexity index is 455. The minimum absolute atomic E-state index is 0.718. The van der Waals surface area contributed by atoms with E-state index in [1.165, 1.54) is 40.7 Å². The van der Waals surface area contributed by atoms with Gasteiger partial charge < -0.3 is 5.73 Å². The number of benzene rings is 1. The second-order valence-electron chi connectivity index (χ2n) is 5.14. The summed E-state index contributed by atoms with van der Waals surface area (Å²) in [4.78, 5) is 0. The smallest absolute Gasteiger partial charge is 0.0420 e. The fourth-order valence-corrected chi connectivity index (χ4v) is 2.65. The van der Waals surface area contributed by atoms with Crippen LogP contribution >= 0.6 is 0 Å². The average Bonchev–Trinajstić information content (AvgIpc) is 2.54. The lowest BCUT2D eigenvalue weighted by atomic mass is 9.95. The van der Waals surface area contributed by atoms with Gasteiger partial charge in [-0.2, -0.15) is 0 Å². The molecular formula is C15H21N. The quantitative estimate of drug-likeness (QED) is 0.702. The molecule has 1 aromatic carbocycles. The first-order chi connectivity index (χ1) is 7.50. The normalized spacial score (nSPS) is 20.6. The molecule has 16 heavy (non-hydrogen) atoms. The Morgan fingerprint density at radius 3 is 2.44 bits per heavy atom. The summed E-state index contributed by atoms with van der Waals surface area (Å²) in [6.45, 7) is 8.80. The number of rotatable bonds is 1. The highest BCUT2D eigenvalue weighted by molar-refractivity contribution is 5.80. The van der Waals surface area contributed by atoms with Crippen LogP contribution in [0.4, 0.5) is 5.69 Å². The molecule has 1 heteroatoms. The Hall–Kier alpha value is -1.24. The Morgan fingerprint density at radius 1 is 1.19 bits per heavy atom. The van der Waals surface area contributed by atoms with Gasteiger partial charge in [0.25, 0.3) is 0 Å².